The molecule has 1 fully saturated rings. The van der Waals surface area contributed by atoms with Gasteiger partial charge in [-0.1, -0.05) is 0 Å². The second-order valence-electron chi connectivity index (χ2n) is 4.84. The second-order valence-corrected chi connectivity index (χ2v) is 4.84. The summed E-state index contributed by atoms with van der Waals surface area (Å²) in [5.41, 5.74) is -0.370. The number of non-ortho nitro benzene ring substituents is 1. The zero-order chi connectivity index (χ0) is 14.5. The molecular formula is C13H17F2N3O2. The number of anilines is 1. The molecule has 0 bridgehead atoms. The SMILES string of the molecule is O=[N+]([O-])c1ccc(NCC[C@H]2CCCN2)c(C(F)F)c1. The Hall–Kier alpha value is -1.76. The van der Waals surface area contributed by atoms with Crippen LogP contribution in [0.25, 0.3) is 0 Å². The lowest BCUT2D eigenvalue weighted by molar-refractivity contribution is -0.385. The molecule has 0 aliphatic carbocycles. The van der Waals surface area contributed by atoms with E-state index in [-0.39, 0.29) is 16.9 Å². The van der Waals surface area contributed by atoms with Crippen molar-refractivity contribution in [3.8, 4) is 0 Å². The fourth-order valence-corrected chi connectivity index (χ4v) is 2.39. The standard InChI is InChI=1S/C13H17F2N3O2/c14-13(15)11-8-10(18(19)20)3-4-12(11)17-7-5-9-2-1-6-16-9/h3-4,8-9,13,16-17H,1-2,5-7H2/t9-/m1/s1. The zero-order valence-corrected chi connectivity index (χ0v) is 10.9. The third-order valence-electron chi connectivity index (χ3n) is 3.45. The van der Waals surface area contributed by atoms with Crippen LogP contribution in [-0.2, 0) is 0 Å². The smallest absolute Gasteiger partial charge is 0.270 e. The second kappa shape index (κ2) is 6.60. The van der Waals surface area contributed by atoms with Gasteiger partial charge in [0.15, 0.2) is 0 Å². The van der Waals surface area contributed by atoms with Crippen LogP contribution in [0.4, 0.5) is 20.2 Å². The quantitative estimate of drug-likeness (QED) is 0.622. The van der Waals surface area contributed by atoms with E-state index in [4.69, 9.17) is 0 Å². The van der Waals surface area contributed by atoms with Crippen LogP contribution >= 0.6 is 0 Å². The van der Waals surface area contributed by atoms with Crippen molar-refractivity contribution in [2.75, 3.05) is 18.4 Å². The largest absolute Gasteiger partial charge is 0.385 e. The Kier molecular flexibility index (Phi) is 4.84. The summed E-state index contributed by atoms with van der Waals surface area (Å²) in [5.74, 6) is 0. The number of halogens is 2. The number of nitro groups is 1. The van der Waals surface area contributed by atoms with Crippen molar-refractivity contribution >= 4 is 11.4 Å². The van der Waals surface area contributed by atoms with Gasteiger partial charge in [-0.05, 0) is 31.9 Å². The molecule has 0 amide bonds. The summed E-state index contributed by atoms with van der Waals surface area (Å²) in [5, 5.41) is 16.9. The molecule has 5 nitrogen and oxygen atoms in total. The number of nitro benzene ring substituents is 1. The predicted octanol–water partition coefficient (Wildman–Crippen LogP) is 3.09. The number of rotatable bonds is 6. The fraction of sp³-hybridized carbons (Fsp3) is 0.538. The average molecular weight is 285 g/mol. The van der Waals surface area contributed by atoms with Gasteiger partial charge in [-0.15, -0.1) is 0 Å². The summed E-state index contributed by atoms with van der Waals surface area (Å²) < 4.78 is 25.8. The molecule has 1 aromatic rings. The summed E-state index contributed by atoms with van der Waals surface area (Å²) in [6.45, 7) is 1.57. The lowest BCUT2D eigenvalue weighted by atomic mass is 10.1. The first-order valence-electron chi connectivity index (χ1n) is 6.61. The molecule has 0 unspecified atom stereocenters. The van der Waals surface area contributed by atoms with Gasteiger partial charge in [0.2, 0.25) is 0 Å². The van der Waals surface area contributed by atoms with Gasteiger partial charge in [0.05, 0.1) is 4.92 Å². The van der Waals surface area contributed by atoms with Gasteiger partial charge >= 0.3 is 0 Å². The minimum absolute atomic E-state index is 0.267. The van der Waals surface area contributed by atoms with Gasteiger partial charge in [-0.2, -0.15) is 0 Å². The maximum absolute atomic E-state index is 12.9. The molecule has 20 heavy (non-hydrogen) atoms. The van der Waals surface area contributed by atoms with Crippen molar-refractivity contribution in [2.24, 2.45) is 0 Å². The number of alkyl halides is 2. The Morgan fingerprint density at radius 2 is 2.30 bits per heavy atom. The van der Waals surface area contributed by atoms with E-state index in [1.165, 1.54) is 12.1 Å². The minimum atomic E-state index is -2.73. The zero-order valence-electron chi connectivity index (χ0n) is 10.9. The first-order valence-corrected chi connectivity index (χ1v) is 6.61. The van der Waals surface area contributed by atoms with E-state index < -0.39 is 11.3 Å². The molecular weight excluding hydrogens is 268 g/mol. The molecule has 1 aromatic carbocycles. The Bertz CT molecular complexity index is 477. The highest BCUT2D eigenvalue weighted by Gasteiger charge is 2.18. The third kappa shape index (κ3) is 3.63. The van der Waals surface area contributed by atoms with Crippen molar-refractivity contribution in [2.45, 2.75) is 31.7 Å². The average Bonchev–Trinajstić information content (AvgIpc) is 2.91. The molecule has 1 heterocycles. The van der Waals surface area contributed by atoms with Crippen LogP contribution < -0.4 is 10.6 Å². The fourth-order valence-electron chi connectivity index (χ4n) is 2.39. The molecule has 1 aliphatic rings. The van der Waals surface area contributed by atoms with Gasteiger partial charge in [-0.3, -0.25) is 10.1 Å². The summed E-state index contributed by atoms with van der Waals surface area (Å²) in [6, 6.07) is 3.94. The highest BCUT2D eigenvalue weighted by Crippen LogP contribution is 2.30. The van der Waals surface area contributed by atoms with E-state index in [0.29, 0.717) is 12.6 Å². The molecule has 0 saturated carbocycles. The molecule has 0 aromatic heterocycles. The van der Waals surface area contributed by atoms with Crippen LogP contribution in [0.2, 0.25) is 0 Å². The van der Waals surface area contributed by atoms with E-state index in [9.17, 15) is 18.9 Å². The lowest BCUT2D eigenvalue weighted by Crippen LogP contribution is -2.24. The highest BCUT2D eigenvalue weighted by molar-refractivity contribution is 5.56. The maximum Gasteiger partial charge on any atom is 0.270 e. The minimum Gasteiger partial charge on any atom is -0.385 e. The van der Waals surface area contributed by atoms with Gasteiger partial charge in [0.25, 0.3) is 12.1 Å². The Labute approximate surface area is 115 Å². The van der Waals surface area contributed by atoms with E-state index in [0.717, 1.165) is 31.9 Å². The van der Waals surface area contributed by atoms with Crippen molar-refractivity contribution < 1.29 is 13.7 Å². The van der Waals surface area contributed by atoms with Gasteiger partial charge < -0.3 is 10.6 Å². The van der Waals surface area contributed by atoms with Gasteiger partial charge in [-0.25, -0.2) is 8.78 Å². The summed E-state index contributed by atoms with van der Waals surface area (Å²) in [4.78, 5) is 9.94. The molecule has 7 heteroatoms. The van der Waals surface area contributed by atoms with Crippen molar-refractivity contribution in [1.82, 2.24) is 5.32 Å². The Morgan fingerprint density at radius 3 is 2.90 bits per heavy atom. The highest BCUT2D eigenvalue weighted by atomic mass is 19.3. The monoisotopic (exact) mass is 285 g/mol. The maximum atomic E-state index is 12.9. The number of benzene rings is 1. The first kappa shape index (κ1) is 14.6. The van der Waals surface area contributed by atoms with Crippen molar-refractivity contribution in [3.05, 3.63) is 33.9 Å². The number of hydrogen-bond acceptors (Lipinski definition) is 4. The van der Waals surface area contributed by atoms with Crippen LogP contribution in [-0.4, -0.2) is 24.1 Å². The number of hydrogen-bond donors (Lipinski definition) is 2. The van der Waals surface area contributed by atoms with Crippen LogP contribution in [0.5, 0.6) is 0 Å². The van der Waals surface area contributed by atoms with E-state index in [2.05, 4.69) is 10.6 Å². The predicted molar refractivity (Wildman–Crippen MR) is 72.2 cm³/mol. The first-order chi connectivity index (χ1) is 9.58. The Morgan fingerprint density at radius 1 is 1.50 bits per heavy atom. The number of nitrogens with one attached hydrogen (secondary N) is 2. The van der Waals surface area contributed by atoms with Gasteiger partial charge in [0, 0.05) is 36.0 Å². The van der Waals surface area contributed by atoms with E-state index in [1.54, 1.807) is 0 Å². The van der Waals surface area contributed by atoms with Crippen LogP contribution in [0.3, 0.4) is 0 Å². The molecule has 0 spiro atoms. The van der Waals surface area contributed by atoms with Crippen molar-refractivity contribution in [3.63, 3.8) is 0 Å². The molecule has 1 aliphatic heterocycles. The summed E-state index contributed by atoms with van der Waals surface area (Å²) >= 11 is 0. The van der Waals surface area contributed by atoms with Crippen LogP contribution in [0.15, 0.2) is 18.2 Å². The molecule has 2 N–H and O–H groups in total. The topological polar surface area (TPSA) is 67.2 Å². The Balaban J connectivity index is 2.00. The normalized spacial score (nSPS) is 18.4. The molecule has 1 saturated heterocycles. The summed E-state index contributed by atoms with van der Waals surface area (Å²) in [6.07, 6.45) is 0.357. The van der Waals surface area contributed by atoms with Crippen molar-refractivity contribution in [1.29, 1.82) is 0 Å². The third-order valence-corrected chi connectivity index (χ3v) is 3.45. The molecule has 2 rings (SSSR count). The molecule has 0 radical (unpaired) electrons. The van der Waals surface area contributed by atoms with E-state index in [1.807, 2.05) is 0 Å². The van der Waals surface area contributed by atoms with Crippen LogP contribution in [0, 0.1) is 10.1 Å². The van der Waals surface area contributed by atoms with Gasteiger partial charge in [0.1, 0.15) is 0 Å². The number of nitrogens with zero attached hydrogens (tertiary/aromatic N) is 1. The lowest BCUT2D eigenvalue weighted by Gasteiger charge is -2.14. The van der Waals surface area contributed by atoms with Crippen LogP contribution in [0.1, 0.15) is 31.3 Å². The molecule has 1 atom stereocenters. The summed E-state index contributed by atoms with van der Waals surface area (Å²) in [7, 11) is 0. The molecule has 110 valence electrons. The van der Waals surface area contributed by atoms with E-state index >= 15 is 0 Å².